The maximum Gasteiger partial charge on any atom is 0.241 e. The fourth-order valence-electron chi connectivity index (χ4n) is 3.02. The third kappa shape index (κ3) is 2.84. The molecule has 0 aliphatic carbocycles. The summed E-state index contributed by atoms with van der Waals surface area (Å²) in [6, 6.07) is 7.84. The van der Waals surface area contributed by atoms with Gasteiger partial charge in [-0.05, 0) is 37.0 Å². The lowest BCUT2D eigenvalue weighted by Crippen LogP contribution is -2.42. The Bertz CT molecular complexity index is 489. The van der Waals surface area contributed by atoms with Crippen molar-refractivity contribution in [3.63, 3.8) is 0 Å². The topological polar surface area (TPSA) is 32.3 Å². The Morgan fingerprint density at radius 2 is 2.10 bits per heavy atom. The van der Waals surface area contributed by atoms with E-state index in [0.717, 1.165) is 12.0 Å². The van der Waals surface area contributed by atoms with Crippen LogP contribution in [0, 0.1) is 5.92 Å². The maximum atomic E-state index is 12.5. The van der Waals surface area contributed by atoms with Crippen molar-refractivity contribution in [1.82, 2.24) is 10.2 Å². The van der Waals surface area contributed by atoms with Crippen LogP contribution in [0.25, 0.3) is 0 Å². The summed E-state index contributed by atoms with van der Waals surface area (Å²) in [4.78, 5) is 14.5. The zero-order chi connectivity index (χ0) is 14.9. The van der Waals surface area contributed by atoms with Crippen LogP contribution in [-0.2, 0) is 4.79 Å². The van der Waals surface area contributed by atoms with Crippen LogP contribution in [0.2, 0.25) is 5.02 Å². The quantitative estimate of drug-likeness (QED) is 0.920. The molecular weight excluding hydrogens is 272 g/mol. The Morgan fingerprint density at radius 1 is 1.40 bits per heavy atom. The standard InChI is InChI=1S/C16H23ClN2O/c1-5-14(10(2)3)19-15(18-11(4)16(19)20)12-7-6-8-13(17)9-12/h6-11,14-15,18H,5H2,1-4H3. The second kappa shape index (κ2) is 6.15. The van der Waals surface area contributed by atoms with Crippen LogP contribution < -0.4 is 5.32 Å². The molecule has 110 valence electrons. The number of nitrogens with zero attached hydrogens (tertiary/aromatic N) is 1. The monoisotopic (exact) mass is 294 g/mol. The number of benzene rings is 1. The molecule has 2 rings (SSSR count). The zero-order valence-electron chi connectivity index (χ0n) is 12.6. The lowest BCUT2D eigenvalue weighted by molar-refractivity contribution is -0.133. The second-order valence-corrected chi connectivity index (χ2v) is 6.25. The van der Waals surface area contributed by atoms with Crippen LogP contribution in [0.1, 0.15) is 45.8 Å². The SMILES string of the molecule is CCC(C(C)C)N1C(=O)C(C)NC1c1cccc(Cl)c1. The van der Waals surface area contributed by atoms with Gasteiger partial charge in [0.05, 0.1) is 6.04 Å². The highest BCUT2D eigenvalue weighted by molar-refractivity contribution is 6.30. The molecule has 1 heterocycles. The summed E-state index contributed by atoms with van der Waals surface area (Å²) in [5.41, 5.74) is 1.05. The van der Waals surface area contributed by atoms with E-state index in [1.807, 2.05) is 36.1 Å². The van der Waals surface area contributed by atoms with E-state index in [4.69, 9.17) is 11.6 Å². The minimum atomic E-state index is -0.146. The van der Waals surface area contributed by atoms with Crippen LogP contribution in [0.15, 0.2) is 24.3 Å². The molecule has 0 aromatic heterocycles. The highest BCUT2D eigenvalue weighted by atomic mass is 35.5. The molecule has 3 atom stereocenters. The molecule has 0 spiro atoms. The van der Waals surface area contributed by atoms with Gasteiger partial charge in [0.1, 0.15) is 6.17 Å². The molecule has 3 nitrogen and oxygen atoms in total. The molecule has 1 amide bonds. The average Bonchev–Trinajstić information content (AvgIpc) is 2.68. The smallest absolute Gasteiger partial charge is 0.241 e. The van der Waals surface area contributed by atoms with E-state index < -0.39 is 0 Å². The summed E-state index contributed by atoms with van der Waals surface area (Å²) in [6.07, 6.45) is 0.873. The van der Waals surface area contributed by atoms with Crippen LogP contribution in [0.3, 0.4) is 0 Å². The van der Waals surface area contributed by atoms with Gasteiger partial charge in [-0.2, -0.15) is 0 Å². The van der Waals surface area contributed by atoms with Gasteiger partial charge in [0.25, 0.3) is 0 Å². The number of rotatable bonds is 4. The Labute approximate surface area is 126 Å². The molecule has 20 heavy (non-hydrogen) atoms. The molecule has 4 heteroatoms. The van der Waals surface area contributed by atoms with E-state index in [0.29, 0.717) is 10.9 Å². The lowest BCUT2D eigenvalue weighted by Gasteiger charge is -2.35. The van der Waals surface area contributed by atoms with Gasteiger partial charge in [0.2, 0.25) is 5.91 Å². The molecule has 1 aliphatic rings. The summed E-state index contributed by atoms with van der Waals surface area (Å²) in [7, 11) is 0. The molecule has 0 saturated carbocycles. The zero-order valence-corrected chi connectivity index (χ0v) is 13.3. The summed E-state index contributed by atoms with van der Waals surface area (Å²) in [5.74, 6) is 0.605. The fourth-order valence-corrected chi connectivity index (χ4v) is 3.22. The highest BCUT2D eigenvalue weighted by Crippen LogP contribution is 2.32. The first-order valence-corrected chi connectivity index (χ1v) is 7.67. The number of carbonyl (C=O) groups is 1. The van der Waals surface area contributed by atoms with Crippen molar-refractivity contribution in [1.29, 1.82) is 0 Å². The molecule has 1 aromatic rings. The molecular formula is C16H23ClN2O. The average molecular weight is 295 g/mol. The van der Waals surface area contributed by atoms with Crippen molar-refractivity contribution in [3.05, 3.63) is 34.9 Å². The third-order valence-electron chi connectivity index (χ3n) is 4.02. The van der Waals surface area contributed by atoms with Gasteiger partial charge < -0.3 is 4.90 Å². The van der Waals surface area contributed by atoms with Gasteiger partial charge in [0.15, 0.2) is 0 Å². The van der Waals surface area contributed by atoms with Gasteiger partial charge >= 0.3 is 0 Å². The Balaban J connectivity index is 2.37. The Kier molecular flexibility index (Phi) is 4.71. The summed E-state index contributed by atoms with van der Waals surface area (Å²) in [6.45, 7) is 8.39. The number of carbonyl (C=O) groups excluding carboxylic acids is 1. The molecule has 0 radical (unpaired) electrons. The molecule has 0 bridgehead atoms. The Morgan fingerprint density at radius 3 is 2.65 bits per heavy atom. The largest absolute Gasteiger partial charge is 0.318 e. The van der Waals surface area contributed by atoms with Crippen molar-refractivity contribution in [2.24, 2.45) is 5.92 Å². The number of halogens is 1. The van der Waals surface area contributed by atoms with E-state index in [1.165, 1.54) is 0 Å². The van der Waals surface area contributed by atoms with Gasteiger partial charge in [-0.1, -0.05) is 44.5 Å². The van der Waals surface area contributed by atoms with Crippen molar-refractivity contribution >= 4 is 17.5 Å². The third-order valence-corrected chi connectivity index (χ3v) is 4.26. The Hall–Kier alpha value is -1.06. The van der Waals surface area contributed by atoms with Crippen LogP contribution in [0.5, 0.6) is 0 Å². The first-order valence-electron chi connectivity index (χ1n) is 7.29. The van der Waals surface area contributed by atoms with E-state index in [2.05, 4.69) is 26.1 Å². The molecule has 1 aromatic carbocycles. The van der Waals surface area contributed by atoms with E-state index in [1.54, 1.807) is 0 Å². The van der Waals surface area contributed by atoms with Crippen LogP contribution in [0.4, 0.5) is 0 Å². The van der Waals surface area contributed by atoms with E-state index in [9.17, 15) is 4.79 Å². The van der Waals surface area contributed by atoms with Crippen LogP contribution >= 0.6 is 11.6 Å². The number of hydrogen-bond acceptors (Lipinski definition) is 2. The second-order valence-electron chi connectivity index (χ2n) is 5.81. The van der Waals surface area contributed by atoms with E-state index >= 15 is 0 Å². The molecule has 1 saturated heterocycles. The predicted octanol–water partition coefficient (Wildman–Crippen LogP) is 3.59. The lowest BCUT2D eigenvalue weighted by atomic mass is 9.98. The number of hydrogen-bond donors (Lipinski definition) is 1. The summed E-state index contributed by atoms with van der Waals surface area (Å²) in [5, 5.41) is 4.09. The summed E-state index contributed by atoms with van der Waals surface area (Å²) >= 11 is 6.09. The normalized spacial score (nSPS) is 24.5. The minimum absolute atomic E-state index is 0.0800. The summed E-state index contributed by atoms with van der Waals surface area (Å²) < 4.78 is 0. The predicted molar refractivity (Wildman–Crippen MR) is 82.6 cm³/mol. The molecule has 1 N–H and O–H groups in total. The van der Waals surface area contributed by atoms with E-state index in [-0.39, 0.29) is 24.2 Å². The maximum absolute atomic E-state index is 12.5. The van der Waals surface area contributed by atoms with Gasteiger partial charge in [-0.3, -0.25) is 10.1 Å². The van der Waals surface area contributed by atoms with Gasteiger partial charge in [0, 0.05) is 11.1 Å². The van der Waals surface area contributed by atoms with Crippen LogP contribution in [-0.4, -0.2) is 22.9 Å². The number of amides is 1. The molecule has 1 aliphatic heterocycles. The fraction of sp³-hybridized carbons (Fsp3) is 0.562. The number of nitrogens with one attached hydrogen (secondary N) is 1. The minimum Gasteiger partial charge on any atom is -0.318 e. The molecule has 3 unspecified atom stereocenters. The van der Waals surface area contributed by atoms with Gasteiger partial charge in [-0.25, -0.2) is 0 Å². The van der Waals surface area contributed by atoms with Crippen molar-refractivity contribution < 1.29 is 4.79 Å². The first kappa shape index (κ1) is 15.3. The van der Waals surface area contributed by atoms with Crippen molar-refractivity contribution in [3.8, 4) is 0 Å². The molecule has 1 fully saturated rings. The van der Waals surface area contributed by atoms with Crippen molar-refractivity contribution in [2.45, 2.75) is 52.4 Å². The first-order chi connectivity index (χ1) is 9.45. The van der Waals surface area contributed by atoms with Crippen molar-refractivity contribution in [2.75, 3.05) is 0 Å². The highest BCUT2D eigenvalue weighted by Gasteiger charge is 2.41. The van der Waals surface area contributed by atoms with Gasteiger partial charge in [-0.15, -0.1) is 0 Å².